The predicted molar refractivity (Wildman–Crippen MR) is 101 cm³/mol. The fourth-order valence-corrected chi connectivity index (χ4v) is 3.66. The first-order valence-electron chi connectivity index (χ1n) is 8.90. The lowest BCUT2D eigenvalue weighted by atomic mass is 9.89. The summed E-state index contributed by atoms with van der Waals surface area (Å²) in [7, 11) is 0. The van der Waals surface area contributed by atoms with Crippen LogP contribution in [0.3, 0.4) is 0 Å². The van der Waals surface area contributed by atoms with Gasteiger partial charge in [0.25, 0.3) is 0 Å². The van der Waals surface area contributed by atoms with Gasteiger partial charge in [-0.3, -0.25) is 10.1 Å². The summed E-state index contributed by atoms with van der Waals surface area (Å²) in [6.07, 6.45) is 5.04. The van der Waals surface area contributed by atoms with Crippen LogP contribution in [-0.4, -0.2) is 55.3 Å². The largest absolute Gasteiger partial charge is 0.367 e. The molecule has 1 aromatic carbocycles. The van der Waals surface area contributed by atoms with Crippen molar-refractivity contribution in [2.45, 2.75) is 38.1 Å². The molecule has 1 N–H and O–H groups in total. The van der Waals surface area contributed by atoms with Gasteiger partial charge in [0.05, 0.1) is 12.8 Å². The van der Waals surface area contributed by atoms with Crippen molar-refractivity contribution < 1.29 is 9.53 Å². The molecule has 5 heteroatoms. The number of amides is 1. The minimum Gasteiger partial charge on any atom is -0.367 e. The molecular formula is C19H30N2O2S. The van der Waals surface area contributed by atoms with E-state index in [2.05, 4.69) is 41.9 Å². The van der Waals surface area contributed by atoms with Gasteiger partial charge in [0.15, 0.2) is 0 Å². The number of rotatable bonds is 9. The highest BCUT2D eigenvalue weighted by Gasteiger charge is 2.28. The monoisotopic (exact) mass is 350 g/mol. The Morgan fingerprint density at radius 3 is 2.67 bits per heavy atom. The molecular weight excluding hydrogens is 320 g/mol. The number of benzene rings is 1. The van der Waals surface area contributed by atoms with E-state index in [4.69, 9.17) is 4.74 Å². The Hall–Kier alpha value is -1.04. The summed E-state index contributed by atoms with van der Waals surface area (Å²) < 4.78 is 5.37. The van der Waals surface area contributed by atoms with E-state index in [-0.39, 0.29) is 11.9 Å². The third-order valence-corrected chi connectivity index (χ3v) is 5.27. The van der Waals surface area contributed by atoms with Crippen molar-refractivity contribution in [1.29, 1.82) is 0 Å². The molecule has 1 heterocycles. The number of carbonyl (C=O) groups excluding carboxylic acids is 1. The quantitative estimate of drug-likeness (QED) is 0.549. The van der Waals surface area contributed by atoms with E-state index in [9.17, 15) is 4.79 Å². The molecule has 1 aliphatic rings. The van der Waals surface area contributed by atoms with Gasteiger partial charge in [0, 0.05) is 19.7 Å². The molecule has 0 aliphatic carbocycles. The van der Waals surface area contributed by atoms with Gasteiger partial charge in [-0.1, -0.05) is 30.3 Å². The van der Waals surface area contributed by atoms with Crippen LogP contribution in [0.5, 0.6) is 0 Å². The molecule has 1 saturated heterocycles. The van der Waals surface area contributed by atoms with Crippen LogP contribution < -0.4 is 5.32 Å². The van der Waals surface area contributed by atoms with Crippen LogP contribution in [0.2, 0.25) is 0 Å². The molecule has 0 radical (unpaired) electrons. The van der Waals surface area contributed by atoms with Gasteiger partial charge in [-0.25, -0.2) is 0 Å². The maximum atomic E-state index is 12.8. The van der Waals surface area contributed by atoms with E-state index in [1.54, 1.807) is 11.8 Å². The second-order valence-electron chi connectivity index (χ2n) is 6.19. The number of thioether (sulfide) groups is 1. The lowest BCUT2D eigenvalue weighted by Crippen LogP contribution is -2.49. The molecule has 0 bridgehead atoms. The molecule has 0 aromatic heterocycles. The first-order valence-corrected chi connectivity index (χ1v) is 10.3. The number of hydrogen-bond donors (Lipinski definition) is 1. The molecule has 0 spiro atoms. The zero-order chi connectivity index (χ0) is 17.2. The lowest BCUT2D eigenvalue weighted by Gasteiger charge is -2.34. The zero-order valence-electron chi connectivity index (χ0n) is 14.9. The van der Waals surface area contributed by atoms with Crippen LogP contribution >= 0.6 is 11.8 Å². The van der Waals surface area contributed by atoms with Crippen molar-refractivity contribution in [3.05, 3.63) is 35.9 Å². The predicted octanol–water partition coefficient (Wildman–Crippen LogP) is 3.10. The zero-order valence-corrected chi connectivity index (χ0v) is 15.7. The Bertz CT molecular complexity index is 476. The molecule has 4 nitrogen and oxygen atoms in total. The summed E-state index contributed by atoms with van der Waals surface area (Å²) in [5.41, 5.74) is 1.40. The Balaban J connectivity index is 1.86. The summed E-state index contributed by atoms with van der Waals surface area (Å²) in [4.78, 5) is 14.9. The van der Waals surface area contributed by atoms with Crippen molar-refractivity contribution in [1.82, 2.24) is 10.2 Å². The van der Waals surface area contributed by atoms with Crippen molar-refractivity contribution in [2.24, 2.45) is 0 Å². The highest BCUT2D eigenvalue weighted by Crippen LogP contribution is 2.28. The summed E-state index contributed by atoms with van der Waals surface area (Å²) in [5, 5.41) is 3.27. The van der Waals surface area contributed by atoms with Crippen LogP contribution in [0.15, 0.2) is 30.3 Å². The van der Waals surface area contributed by atoms with E-state index in [0.29, 0.717) is 19.3 Å². The topological polar surface area (TPSA) is 41.6 Å². The average molecular weight is 351 g/mol. The van der Waals surface area contributed by atoms with E-state index >= 15 is 0 Å². The average Bonchev–Trinajstić information content (AvgIpc) is 2.65. The van der Waals surface area contributed by atoms with Crippen molar-refractivity contribution in [3.63, 3.8) is 0 Å². The van der Waals surface area contributed by atoms with Crippen LogP contribution in [0, 0.1) is 0 Å². The van der Waals surface area contributed by atoms with Gasteiger partial charge in [0.2, 0.25) is 5.91 Å². The molecule has 1 atom stereocenters. The molecule has 1 aromatic rings. The standard InChI is InChI=1S/C19H30N2O2S/c1-3-23-15-20-18(11-14-24-2)19(22)21-12-9-17(10-13-21)16-7-5-4-6-8-16/h4-8,17-18,20H,3,9-15H2,1-2H3. The number of piperidine rings is 1. The number of nitrogens with one attached hydrogen (secondary N) is 1. The lowest BCUT2D eigenvalue weighted by molar-refractivity contribution is -0.135. The van der Waals surface area contributed by atoms with Crippen molar-refractivity contribution in [2.75, 3.05) is 38.4 Å². The summed E-state index contributed by atoms with van der Waals surface area (Å²) in [6, 6.07) is 10.5. The molecule has 2 rings (SSSR count). The van der Waals surface area contributed by atoms with E-state index in [1.165, 1.54) is 5.56 Å². The molecule has 1 fully saturated rings. The SMILES string of the molecule is CCOCNC(CCSC)C(=O)N1CCC(c2ccccc2)CC1. The van der Waals surface area contributed by atoms with Crippen LogP contribution in [-0.2, 0) is 9.53 Å². The number of carbonyl (C=O) groups is 1. The van der Waals surface area contributed by atoms with Crippen molar-refractivity contribution in [3.8, 4) is 0 Å². The maximum Gasteiger partial charge on any atom is 0.239 e. The Kier molecular flexibility index (Phi) is 8.64. The number of likely N-dealkylation sites (tertiary alicyclic amines) is 1. The summed E-state index contributed by atoms with van der Waals surface area (Å²) in [6.45, 7) is 4.78. The second-order valence-corrected chi connectivity index (χ2v) is 7.17. The fraction of sp³-hybridized carbons (Fsp3) is 0.632. The van der Waals surface area contributed by atoms with Gasteiger partial charge in [-0.05, 0) is 49.7 Å². The highest BCUT2D eigenvalue weighted by atomic mass is 32.2. The number of ether oxygens (including phenoxy) is 1. The Morgan fingerprint density at radius 2 is 2.04 bits per heavy atom. The number of hydrogen-bond acceptors (Lipinski definition) is 4. The minimum atomic E-state index is -0.128. The van der Waals surface area contributed by atoms with Gasteiger partial charge in [0.1, 0.15) is 0 Å². The molecule has 1 aliphatic heterocycles. The molecule has 24 heavy (non-hydrogen) atoms. The normalized spacial score (nSPS) is 17.0. The first-order chi connectivity index (χ1) is 11.8. The van der Waals surface area contributed by atoms with Gasteiger partial charge < -0.3 is 9.64 Å². The van der Waals surface area contributed by atoms with E-state index < -0.39 is 0 Å². The third kappa shape index (κ3) is 5.80. The molecule has 1 unspecified atom stereocenters. The van der Waals surface area contributed by atoms with E-state index in [1.807, 2.05) is 11.8 Å². The third-order valence-electron chi connectivity index (χ3n) is 4.62. The van der Waals surface area contributed by atoms with Crippen LogP contribution in [0.4, 0.5) is 0 Å². The number of nitrogens with zero attached hydrogens (tertiary/aromatic N) is 1. The fourth-order valence-electron chi connectivity index (χ4n) is 3.19. The van der Waals surface area contributed by atoms with Crippen LogP contribution in [0.1, 0.15) is 37.7 Å². The van der Waals surface area contributed by atoms with Crippen molar-refractivity contribution >= 4 is 17.7 Å². The Labute approximate surface area is 150 Å². The molecule has 0 saturated carbocycles. The first kappa shape index (κ1) is 19.3. The summed E-state index contributed by atoms with van der Waals surface area (Å²) >= 11 is 1.78. The summed E-state index contributed by atoms with van der Waals surface area (Å²) in [5.74, 6) is 1.79. The van der Waals surface area contributed by atoms with Crippen LogP contribution in [0.25, 0.3) is 0 Å². The van der Waals surface area contributed by atoms with Gasteiger partial charge in [-0.15, -0.1) is 0 Å². The highest BCUT2D eigenvalue weighted by molar-refractivity contribution is 7.98. The molecule has 134 valence electrons. The second kappa shape index (κ2) is 10.7. The maximum absolute atomic E-state index is 12.8. The van der Waals surface area contributed by atoms with Gasteiger partial charge in [-0.2, -0.15) is 11.8 Å². The Morgan fingerprint density at radius 1 is 1.33 bits per heavy atom. The van der Waals surface area contributed by atoms with Gasteiger partial charge >= 0.3 is 0 Å². The van der Waals surface area contributed by atoms with E-state index in [0.717, 1.165) is 38.1 Å². The molecule has 1 amide bonds. The minimum absolute atomic E-state index is 0.128. The smallest absolute Gasteiger partial charge is 0.239 e.